The summed E-state index contributed by atoms with van der Waals surface area (Å²) in [5, 5.41) is 10.1. The number of amides is 1. The highest BCUT2D eigenvalue weighted by Crippen LogP contribution is 2.22. The molecule has 0 aliphatic heterocycles. The number of nitrogens with one attached hydrogen (secondary N) is 1. The van der Waals surface area contributed by atoms with Crippen molar-refractivity contribution in [1.82, 2.24) is 15.6 Å². The van der Waals surface area contributed by atoms with Gasteiger partial charge in [-0.1, -0.05) is 29.8 Å². The lowest BCUT2D eigenvalue weighted by atomic mass is 10.1. The Bertz CT molecular complexity index is 570. The van der Waals surface area contributed by atoms with E-state index in [4.69, 9.17) is 17.3 Å². The zero-order valence-electron chi connectivity index (χ0n) is 9.55. The summed E-state index contributed by atoms with van der Waals surface area (Å²) in [5.74, 6) is -0.500. The van der Waals surface area contributed by atoms with Crippen molar-refractivity contribution in [2.45, 2.75) is 13.0 Å². The number of nitrogen functional groups attached to an aromatic ring is 1. The predicted molar refractivity (Wildman–Crippen MR) is 66.0 cm³/mol. The molecule has 0 aliphatic carbocycles. The third kappa shape index (κ3) is 2.43. The lowest BCUT2D eigenvalue weighted by Gasteiger charge is -2.14. The van der Waals surface area contributed by atoms with Gasteiger partial charge in [0.1, 0.15) is 0 Å². The average molecular weight is 267 g/mol. The van der Waals surface area contributed by atoms with Gasteiger partial charge in [0.05, 0.1) is 6.04 Å². The van der Waals surface area contributed by atoms with Crippen LogP contribution in [0.25, 0.3) is 0 Å². The van der Waals surface area contributed by atoms with Crippen LogP contribution in [-0.2, 0) is 0 Å². The van der Waals surface area contributed by atoms with Gasteiger partial charge in [-0.25, -0.2) is 4.63 Å². The van der Waals surface area contributed by atoms with E-state index < -0.39 is 5.91 Å². The van der Waals surface area contributed by atoms with Gasteiger partial charge in [0, 0.05) is 5.02 Å². The van der Waals surface area contributed by atoms with Crippen LogP contribution in [0.15, 0.2) is 28.9 Å². The highest BCUT2D eigenvalue weighted by Gasteiger charge is 2.19. The fraction of sp³-hybridized carbons (Fsp3) is 0.182. The first kappa shape index (κ1) is 12.4. The minimum absolute atomic E-state index is 0.0334. The molecular weight excluding hydrogens is 256 g/mol. The van der Waals surface area contributed by atoms with E-state index in [2.05, 4.69) is 20.3 Å². The largest absolute Gasteiger partial charge is 0.379 e. The van der Waals surface area contributed by atoms with E-state index >= 15 is 0 Å². The molecule has 0 bridgehead atoms. The van der Waals surface area contributed by atoms with Gasteiger partial charge >= 0.3 is 0 Å². The van der Waals surface area contributed by atoms with E-state index in [0.717, 1.165) is 5.56 Å². The Kier molecular flexibility index (Phi) is 3.47. The molecule has 7 heteroatoms. The summed E-state index contributed by atoms with van der Waals surface area (Å²) in [6.07, 6.45) is 0. The maximum absolute atomic E-state index is 11.8. The quantitative estimate of drug-likeness (QED) is 0.883. The molecule has 94 valence electrons. The first-order chi connectivity index (χ1) is 8.59. The molecule has 0 saturated heterocycles. The van der Waals surface area contributed by atoms with E-state index in [1.54, 1.807) is 6.07 Å². The van der Waals surface area contributed by atoms with Crippen LogP contribution in [0.5, 0.6) is 0 Å². The number of benzene rings is 1. The lowest BCUT2D eigenvalue weighted by molar-refractivity contribution is 0.0930. The summed E-state index contributed by atoms with van der Waals surface area (Å²) >= 11 is 6.04. The predicted octanol–water partition coefficient (Wildman–Crippen LogP) is 1.80. The maximum atomic E-state index is 11.8. The fourth-order valence-electron chi connectivity index (χ4n) is 1.52. The second-order valence-corrected chi connectivity index (χ2v) is 4.12. The number of halogens is 1. The van der Waals surface area contributed by atoms with Crippen LogP contribution in [0.4, 0.5) is 5.82 Å². The van der Waals surface area contributed by atoms with Crippen LogP contribution in [0.3, 0.4) is 0 Å². The molecule has 3 N–H and O–H groups in total. The molecule has 0 radical (unpaired) electrons. The number of hydrogen-bond donors (Lipinski definition) is 2. The minimum atomic E-state index is -0.457. The van der Waals surface area contributed by atoms with Gasteiger partial charge in [0.15, 0.2) is 0 Å². The molecule has 6 nitrogen and oxygen atoms in total. The summed E-state index contributed by atoms with van der Waals surface area (Å²) in [6, 6.07) is 6.97. The smallest absolute Gasteiger partial charge is 0.277 e. The number of nitrogens with zero attached hydrogens (tertiary/aromatic N) is 2. The number of carbonyl (C=O) groups excluding carboxylic acids is 1. The van der Waals surface area contributed by atoms with Crippen molar-refractivity contribution in [2.24, 2.45) is 0 Å². The van der Waals surface area contributed by atoms with Gasteiger partial charge in [0.25, 0.3) is 5.91 Å². The third-order valence-corrected chi connectivity index (χ3v) is 2.79. The fourth-order valence-corrected chi connectivity index (χ4v) is 1.82. The molecule has 18 heavy (non-hydrogen) atoms. The van der Waals surface area contributed by atoms with E-state index in [1.165, 1.54) is 0 Å². The highest BCUT2D eigenvalue weighted by molar-refractivity contribution is 6.31. The van der Waals surface area contributed by atoms with E-state index in [0.29, 0.717) is 5.02 Å². The van der Waals surface area contributed by atoms with Gasteiger partial charge in [-0.3, -0.25) is 4.79 Å². The average Bonchev–Trinajstić information content (AvgIpc) is 2.76. The van der Waals surface area contributed by atoms with Crippen molar-refractivity contribution in [1.29, 1.82) is 0 Å². The zero-order valence-corrected chi connectivity index (χ0v) is 10.3. The van der Waals surface area contributed by atoms with E-state index in [1.807, 2.05) is 25.1 Å². The maximum Gasteiger partial charge on any atom is 0.277 e. The number of rotatable bonds is 3. The summed E-state index contributed by atoms with van der Waals surface area (Å²) in [6.45, 7) is 1.81. The van der Waals surface area contributed by atoms with Gasteiger partial charge < -0.3 is 11.1 Å². The molecule has 1 amide bonds. The standard InChI is InChI=1S/C11H11ClN4O2/c1-6(7-4-2-3-5-8(7)12)14-11(17)9-10(13)16-18-15-9/h2-6H,1H3,(H2,13,16)(H,14,17)/t6-/m0/s1. The molecule has 1 atom stereocenters. The summed E-state index contributed by atoms with van der Waals surface area (Å²) < 4.78 is 4.37. The van der Waals surface area contributed by atoms with E-state index in [-0.39, 0.29) is 17.6 Å². The zero-order chi connectivity index (χ0) is 13.1. The Morgan fingerprint density at radius 3 is 2.78 bits per heavy atom. The second-order valence-electron chi connectivity index (χ2n) is 3.71. The van der Waals surface area contributed by atoms with Crippen LogP contribution in [-0.4, -0.2) is 16.2 Å². The molecule has 1 aromatic heterocycles. The first-order valence-corrected chi connectivity index (χ1v) is 5.60. The van der Waals surface area contributed by atoms with Gasteiger partial charge in [0.2, 0.25) is 11.5 Å². The number of anilines is 1. The van der Waals surface area contributed by atoms with Crippen LogP contribution < -0.4 is 11.1 Å². The molecule has 0 fully saturated rings. The SMILES string of the molecule is C[C@H](NC(=O)c1nonc1N)c1ccccc1Cl. The molecule has 0 unspecified atom stereocenters. The third-order valence-electron chi connectivity index (χ3n) is 2.45. The van der Waals surface area contributed by atoms with Gasteiger partial charge in [-0.05, 0) is 28.9 Å². The minimum Gasteiger partial charge on any atom is -0.379 e. The van der Waals surface area contributed by atoms with Crippen molar-refractivity contribution in [3.8, 4) is 0 Å². The summed E-state index contributed by atoms with van der Waals surface area (Å²) in [5.41, 5.74) is 6.21. The van der Waals surface area contributed by atoms with E-state index in [9.17, 15) is 4.79 Å². The number of aromatic nitrogens is 2. The Morgan fingerprint density at radius 2 is 2.17 bits per heavy atom. The topological polar surface area (TPSA) is 94.0 Å². The molecule has 0 saturated carbocycles. The van der Waals surface area contributed by atoms with Gasteiger partial charge in [-0.15, -0.1) is 0 Å². The number of nitrogens with two attached hydrogens (primary N) is 1. The van der Waals surface area contributed by atoms with Gasteiger partial charge in [-0.2, -0.15) is 0 Å². The first-order valence-electron chi connectivity index (χ1n) is 5.23. The molecule has 0 aliphatic rings. The van der Waals surface area contributed by atoms with Crippen molar-refractivity contribution in [3.05, 3.63) is 40.5 Å². The van der Waals surface area contributed by atoms with Crippen LogP contribution in [0, 0.1) is 0 Å². The highest BCUT2D eigenvalue weighted by atomic mass is 35.5. The van der Waals surface area contributed by atoms with Crippen molar-refractivity contribution < 1.29 is 9.42 Å². The number of hydrogen-bond acceptors (Lipinski definition) is 5. The lowest BCUT2D eigenvalue weighted by Crippen LogP contribution is -2.27. The molecule has 2 aromatic rings. The Balaban J connectivity index is 2.13. The van der Waals surface area contributed by atoms with Crippen molar-refractivity contribution in [3.63, 3.8) is 0 Å². The van der Waals surface area contributed by atoms with Crippen LogP contribution in [0.1, 0.15) is 29.0 Å². The Morgan fingerprint density at radius 1 is 1.44 bits per heavy atom. The summed E-state index contributed by atoms with van der Waals surface area (Å²) in [7, 11) is 0. The Hall–Kier alpha value is -2.08. The molecular formula is C11H11ClN4O2. The monoisotopic (exact) mass is 266 g/mol. The van der Waals surface area contributed by atoms with Crippen molar-refractivity contribution >= 4 is 23.3 Å². The molecule has 1 aromatic carbocycles. The number of carbonyl (C=O) groups is 1. The summed E-state index contributed by atoms with van der Waals surface area (Å²) in [4.78, 5) is 11.8. The van der Waals surface area contributed by atoms with Crippen LogP contribution in [0.2, 0.25) is 5.02 Å². The molecule has 1 heterocycles. The van der Waals surface area contributed by atoms with Crippen LogP contribution >= 0.6 is 11.6 Å². The molecule has 2 rings (SSSR count). The Labute approximate surface area is 108 Å². The van der Waals surface area contributed by atoms with Crippen molar-refractivity contribution in [2.75, 3.05) is 5.73 Å². The second kappa shape index (κ2) is 5.05. The molecule has 0 spiro atoms. The normalized spacial score (nSPS) is 12.1.